The zero-order chi connectivity index (χ0) is 11.3. The standard InChI is InChI=1S/C12H13NO2/c1-9(8-12(15)13-10(2)14)11-6-4-3-5-7-11/h3-8H,1-2H3,(H,13,14,15)/b9-8+. The van der Waals surface area contributed by atoms with Crippen molar-refractivity contribution in [1.29, 1.82) is 0 Å². The first-order chi connectivity index (χ1) is 7.09. The van der Waals surface area contributed by atoms with Gasteiger partial charge in [-0.3, -0.25) is 14.9 Å². The number of nitrogens with one attached hydrogen (secondary N) is 1. The fraction of sp³-hybridized carbons (Fsp3) is 0.167. The Balaban J connectivity index is 2.76. The molecule has 0 bridgehead atoms. The number of hydrogen-bond donors (Lipinski definition) is 1. The molecule has 0 aliphatic rings. The molecule has 0 saturated heterocycles. The molecular formula is C12H13NO2. The highest BCUT2D eigenvalue weighted by molar-refractivity contribution is 6.03. The lowest BCUT2D eigenvalue weighted by atomic mass is 10.1. The summed E-state index contributed by atoms with van der Waals surface area (Å²) in [6.45, 7) is 3.14. The number of benzene rings is 1. The van der Waals surface area contributed by atoms with Gasteiger partial charge in [-0.1, -0.05) is 30.3 Å². The molecule has 0 saturated carbocycles. The third-order valence-corrected chi connectivity index (χ3v) is 1.88. The van der Waals surface area contributed by atoms with E-state index in [1.165, 1.54) is 13.0 Å². The minimum atomic E-state index is -0.385. The van der Waals surface area contributed by atoms with E-state index in [4.69, 9.17) is 0 Å². The second-order valence-electron chi connectivity index (χ2n) is 3.24. The van der Waals surface area contributed by atoms with Crippen LogP contribution in [-0.2, 0) is 9.59 Å². The SMILES string of the molecule is CC(=O)NC(=O)/C=C(\C)c1ccccc1. The van der Waals surface area contributed by atoms with Crippen LogP contribution in [0.25, 0.3) is 5.57 Å². The van der Waals surface area contributed by atoms with Crippen molar-refractivity contribution in [2.75, 3.05) is 0 Å². The second kappa shape index (κ2) is 5.10. The van der Waals surface area contributed by atoms with Crippen LogP contribution in [0.5, 0.6) is 0 Å². The number of carbonyl (C=O) groups excluding carboxylic acids is 2. The van der Waals surface area contributed by atoms with E-state index >= 15 is 0 Å². The summed E-state index contributed by atoms with van der Waals surface area (Å²) < 4.78 is 0. The van der Waals surface area contributed by atoms with E-state index in [1.807, 2.05) is 37.3 Å². The molecule has 0 atom stereocenters. The Kier molecular flexibility index (Phi) is 3.80. The maximum atomic E-state index is 11.2. The molecule has 2 amide bonds. The molecule has 1 rings (SSSR count). The van der Waals surface area contributed by atoms with Crippen molar-refractivity contribution in [3.63, 3.8) is 0 Å². The average Bonchev–Trinajstić information content (AvgIpc) is 2.17. The molecule has 1 aromatic rings. The third-order valence-electron chi connectivity index (χ3n) is 1.88. The van der Waals surface area contributed by atoms with Crippen molar-refractivity contribution < 1.29 is 9.59 Å². The Morgan fingerprint density at radius 1 is 1.13 bits per heavy atom. The topological polar surface area (TPSA) is 46.2 Å². The van der Waals surface area contributed by atoms with Gasteiger partial charge >= 0.3 is 0 Å². The van der Waals surface area contributed by atoms with Crippen LogP contribution in [0.4, 0.5) is 0 Å². The number of allylic oxidation sites excluding steroid dienone is 1. The summed E-state index contributed by atoms with van der Waals surface area (Å²) >= 11 is 0. The molecule has 0 spiro atoms. The summed E-state index contributed by atoms with van der Waals surface area (Å²) in [5.74, 6) is -0.735. The molecule has 1 N–H and O–H groups in total. The molecule has 0 aromatic heterocycles. The summed E-state index contributed by atoms with van der Waals surface area (Å²) in [6.07, 6.45) is 1.41. The van der Waals surface area contributed by atoms with E-state index < -0.39 is 0 Å². The van der Waals surface area contributed by atoms with E-state index in [0.29, 0.717) is 0 Å². The highest BCUT2D eigenvalue weighted by atomic mass is 16.2. The normalized spacial score (nSPS) is 10.9. The lowest BCUT2D eigenvalue weighted by Crippen LogP contribution is -2.26. The molecule has 0 radical (unpaired) electrons. The predicted molar refractivity (Wildman–Crippen MR) is 58.9 cm³/mol. The Morgan fingerprint density at radius 2 is 1.73 bits per heavy atom. The van der Waals surface area contributed by atoms with E-state index in [-0.39, 0.29) is 11.8 Å². The second-order valence-corrected chi connectivity index (χ2v) is 3.24. The van der Waals surface area contributed by atoms with Gasteiger partial charge in [0.05, 0.1) is 0 Å². The van der Waals surface area contributed by atoms with Crippen molar-refractivity contribution in [2.24, 2.45) is 0 Å². The fourth-order valence-electron chi connectivity index (χ4n) is 1.19. The number of rotatable bonds is 2. The van der Waals surface area contributed by atoms with Crippen molar-refractivity contribution in [2.45, 2.75) is 13.8 Å². The predicted octanol–water partition coefficient (Wildman–Crippen LogP) is 1.75. The van der Waals surface area contributed by atoms with Crippen molar-refractivity contribution in [3.05, 3.63) is 42.0 Å². The quantitative estimate of drug-likeness (QED) is 0.744. The van der Waals surface area contributed by atoms with Gasteiger partial charge in [-0.2, -0.15) is 0 Å². The molecule has 0 heterocycles. The Hall–Kier alpha value is -1.90. The minimum absolute atomic E-state index is 0.350. The number of hydrogen-bond acceptors (Lipinski definition) is 2. The van der Waals surface area contributed by atoms with Crippen LogP contribution in [0.15, 0.2) is 36.4 Å². The van der Waals surface area contributed by atoms with Gasteiger partial charge in [0.1, 0.15) is 0 Å². The number of carbonyl (C=O) groups is 2. The Morgan fingerprint density at radius 3 is 2.27 bits per heavy atom. The highest BCUT2D eigenvalue weighted by Gasteiger charge is 2.01. The molecule has 1 aromatic carbocycles. The van der Waals surface area contributed by atoms with Crippen LogP contribution in [0, 0.1) is 0 Å². The van der Waals surface area contributed by atoms with Crippen LogP contribution in [0.3, 0.4) is 0 Å². The monoisotopic (exact) mass is 203 g/mol. The van der Waals surface area contributed by atoms with Gasteiger partial charge in [0.15, 0.2) is 0 Å². The number of amides is 2. The summed E-state index contributed by atoms with van der Waals surface area (Å²) in [6, 6.07) is 9.53. The molecule has 78 valence electrons. The smallest absolute Gasteiger partial charge is 0.250 e. The van der Waals surface area contributed by atoms with Crippen LogP contribution in [0.2, 0.25) is 0 Å². The average molecular weight is 203 g/mol. The molecule has 0 aliphatic heterocycles. The van der Waals surface area contributed by atoms with Gasteiger partial charge in [0.25, 0.3) is 5.91 Å². The Labute approximate surface area is 88.8 Å². The third kappa shape index (κ3) is 3.77. The van der Waals surface area contributed by atoms with Crippen molar-refractivity contribution in [1.82, 2.24) is 5.32 Å². The first-order valence-corrected chi connectivity index (χ1v) is 4.65. The van der Waals surface area contributed by atoms with Crippen LogP contribution in [0.1, 0.15) is 19.4 Å². The molecule has 15 heavy (non-hydrogen) atoms. The lowest BCUT2D eigenvalue weighted by molar-refractivity contribution is -0.126. The summed E-state index contributed by atoms with van der Waals surface area (Å²) in [7, 11) is 0. The highest BCUT2D eigenvalue weighted by Crippen LogP contribution is 2.11. The molecular weight excluding hydrogens is 190 g/mol. The maximum absolute atomic E-state index is 11.2. The first-order valence-electron chi connectivity index (χ1n) is 4.65. The van der Waals surface area contributed by atoms with Gasteiger partial charge < -0.3 is 0 Å². The summed E-state index contributed by atoms with van der Waals surface area (Å²) in [5, 5.41) is 2.19. The molecule has 0 aliphatic carbocycles. The van der Waals surface area contributed by atoms with Crippen LogP contribution in [-0.4, -0.2) is 11.8 Å². The van der Waals surface area contributed by atoms with Gasteiger partial charge in [-0.15, -0.1) is 0 Å². The first kappa shape index (κ1) is 11.2. The van der Waals surface area contributed by atoms with E-state index in [0.717, 1.165) is 11.1 Å². The zero-order valence-corrected chi connectivity index (χ0v) is 8.78. The fourth-order valence-corrected chi connectivity index (χ4v) is 1.19. The summed E-state index contributed by atoms with van der Waals surface area (Å²) in [5.41, 5.74) is 1.80. The largest absolute Gasteiger partial charge is 0.293 e. The molecule has 3 nitrogen and oxygen atoms in total. The zero-order valence-electron chi connectivity index (χ0n) is 8.78. The van der Waals surface area contributed by atoms with Gasteiger partial charge in [0.2, 0.25) is 5.91 Å². The summed E-state index contributed by atoms with van der Waals surface area (Å²) in [4.78, 5) is 21.8. The van der Waals surface area contributed by atoms with E-state index in [9.17, 15) is 9.59 Å². The molecule has 0 unspecified atom stereocenters. The molecule has 3 heteroatoms. The minimum Gasteiger partial charge on any atom is -0.293 e. The Bertz CT molecular complexity index is 393. The van der Waals surface area contributed by atoms with Gasteiger partial charge in [0, 0.05) is 13.0 Å². The van der Waals surface area contributed by atoms with Crippen molar-refractivity contribution >= 4 is 17.4 Å². The van der Waals surface area contributed by atoms with Gasteiger partial charge in [-0.25, -0.2) is 0 Å². The van der Waals surface area contributed by atoms with Crippen molar-refractivity contribution in [3.8, 4) is 0 Å². The van der Waals surface area contributed by atoms with Crippen LogP contribution >= 0.6 is 0 Å². The van der Waals surface area contributed by atoms with Crippen LogP contribution < -0.4 is 5.32 Å². The van der Waals surface area contributed by atoms with E-state index in [2.05, 4.69) is 5.32 Å². The number of imide groups is 1. The maximum Gasteiger partial charge on any atom is 0.250 e. The molecule has 0 fully saturated rings. The van der Waals surface area contributed by atoms with Gasteiger partial charge in [-0.05, 0) is 18.1 Å². The lowest BCUT2D eigenvalue weighted by Gasteiger charge is -2.00. The van der Waals surface area contributed by atoms with E-state index in [1.54, 1.807) is 0 Å².